The van der Waals surface area contributed by atoms with E-state index in [1.807, 2.05) is 31.2 Å². The number of benzene rings is 2. The zero-order valence-electron chi connectivity index (χ0n) is 15.1. The average Bonchev–Trinajstić information content (AvgIpc) is 3.01. The second-order valence-electron chi connectivity index (χ2n) is 5.72. The molecular formula is C19H20N2O4S. The molecule has 136 valence electrons. The predicted octanol–water partition coefficient (Wildman–Crippen LogP) is 3.81. The molecule has 2 aromatic carbocycles. The number of nitrogens with one attached hydrogen (secondary N) is 1. The SMILES string of the molecule is COc1ccc(CC(=O)Nc2nc3cc(OC)c(OC)cc3s2)cc1C. The quantitative estimate of drug-likeness (QED) is 0.712. The Morgan fingerprint density at radius 3 is 2.38 bits per heavy atom. The Hall–Kier alpha value is -2.80. The maximum Gasteiger partial charge on any atom is 0.230 e. The van der Waals surface area contributed by atoms with Crippen molar-refractivity contribution in [2.45, 2.75) is 13.3 Å². The maximum absolute atomic E-state index is 12.3. The number of amides is 1. The Labute approximate surface area is 155 Å². The summed E-state index contributed by atoms with van der Waals surface area (Å²) in [5.74, 6) is 1.93. The number of thiazole rings is 1. The van der Waals surface area contributed by atoms with Crippen molar-refractivity contribution in [3.8, 4) is 17.2 Å². The van der Waals surface area contributed by atoms with Crippen LogP contribution in [0.3, 0.4) is 0 Å². The summed E-state index contributed by atoms with van der Waals surface area (Å²) in [6, 6.07) is 9.36. The minimum atomic E-state index is -0.118. The second kappa shape index (κ2) is 7.61. The van der Waals surface area contributed by atoms with E-state index in [-0.39, 0.29) is 12.3 Å². The van der Waals surface area contributed by atoms with Crippen molar-refractivity contribution in [3.63, 3.8) is 0 Å². The van der Waals surface area contributed by atoms with Crippen LogP contribution >= 0.6 is 11.3 Å². The first kappa shape index (κ1) is 18.0. The molecule has 0 fully saturated rings. The lowest BCUT2D eigenvalue weighted by molar-refractivity contribution is -0.115. The van der Waals surface area contributed by atoms with E-state index in [2.05, 4.69) is 10.3 Å². The molecule has 0 aliphatic rings. The van der Waals surface area contributed by atoms with Gasteiger partial charge in [-0.05, 0) is 24.1 Å². The zero-order valence-corrected chi connectivity index (χ0v) is 15.9. The van der Waals surface area contributed by atoms with Gasteiger partial charge in [-0.15, -0.1) is 0 Å². The molecule has 7 heteroatoms. The molecule has 0 saturated carbocycles. The molecule has 26 heavy (non-hydrogen) atoms. The first-order valence-electron chi connectivity index (χ1n) is 8.00. The highest BCUT2D eigenvalue weighted by atomic mass is 32.1. The van der Waals surface area contributed by atoms with Gasteiger partial charge in [0, 0.05) is 12.1 Å². The smallest absolute Gasteiger partial charge is 0.230 e. The highest BCUT2D eigenvalue weighted by Crippen LogP contribution is 2.36. The van der Waals surface area contributed by atoms with Crippen molar-refractivity contribution in [1.82, 2.24) is 4.98 Å². The van der Waals surface area contributed by atoms with Crippen LogP contribution in [0.15, 0.2) is 30.3 Å². The van der Waals surface area contributed by atoms with Crippen LogP contribution in [0.2, 0.25) is 0 Å². The highest BCUT2D eigenvalue weighted by molar-refractivity contribution is 7.22. The van der Waals surface area contributed by atoms with Gasteiger partial charge in [0.05, 0.1) is 38.0 Å². The number of carbonyl (C=O) groups excluding carboxylic acids is 1. The van der Waals surface area contributed by atoms with Gasteiger partial charge in [0.1, 0.15) is 5.75 Å². The highest BCUT2D eigenvalue weighted by Gasteiger charge is 2.13. The fraction of sp³-hybridized carbons (Fsp3) is 0.263. The van der Waals surface area contributed by atoms with E-state index in [1.165, 1.54) is 11.3 Å². The lowest BCUT2D eigenvalue weighted by Crippen LogP contribution is -2.14. The van der Waals surface area contributed by atoms with Gasteiger partial charge in [0.2, 0.25) is 5.91 Å². The lowest BCUT2D eigenvalue weighted by atomic mass is 10.1. The van der Waals surface area contributed by atoms with Crippen molar-refractivity contribution in [3.05, 3.63) is 41.5 Å². The maximum atomic E-state index is 12.3. The number of hydrogen-bond acceptors (Lipinski definition) is 6. The molecule has 1 heterocycles. The average molecular weight is 372 g/mol. The van der Waals surface area contributed by atoms with Gasteiger partial charge >= 0.3 is 0 Å². The summed E-state index contributed by atoms with van der Waals surface area (Å²) in [4.78, 5) is 16.8. The number of aromatic nitrogens is 1. The number of ether oxygens (including phenoxy) is 3. The third-order valence-corrected chi connectivity index (χ3v) is 4.90. The molecule has 0 atom stereocenters. The Balaban J connectivity index is 1.75. The molecule has 1 amide bonds. The lowest BCUT2D eigenvalue weighted by Gasteiger charge is -2.07. The van der Waals surface area contributed by atoms with Crippen LogP contribution in [-0.2, 0) is 11.2 Å². The van der Waals surface area contributed by atoms with Gasteiger partial charge in [-0.1, -0.05) is 23.5 Å². The van der Waals surface area contributed by atoms with E-state index in [0.29, 0.717) is 16.6 Å². The Bertz CT molecular complexity index is 911. The predicted molar refractivity (Wildman–Crippen MR) is 103 cm³/mol. The minimum Gasteiger partial charge on any atom is -0.496 e. The summed E-state index contributed by atoms with van der Waals surface area (Å²) in [5.41, 5.74) is 2.67. The second-order valence-corrected chi connectivity index (χ2v) is 6.75. The summed E-state index contributed by atoms with van der Waals surface area (Å²) in [5, 5.41) is 3.41. The zero-order chi connectivity index (χ0) is 18.7. The Morgan fingerprint density at radius 2 is 1.73 bits per heavy atom. The van der Waals surface area contributed by atoms with Gasteiger partial charge < -0.3 is 19.5 Å². The van der Waals surface area contributed by atoms with Crippen LogP contribution in [0.1, 0.15) is 11.1 Å². The Morgan fingerprint density at radius 1 is 1.04 bits per heavy atom. The molecule has 0 aliphatic heterocycles. The van der Waals surface area contributed by atoms with E-state index in [9.17, 15) is 4.79 Å². The van der Waals surface area contributed by atoms with Crippen LogP contribution in [0, 0.1) is 6.92 Å². The molecular weight excluding hydrogens is 352 g/mol. The van der Waals surface area contributed by atoms with Gasteiger partial charge in [0.15, 0.2) is 16.6 Å². The van der Waals surface area contributed by atoms with E-state index >= 15 is 0 Å². The van der Waals surface area contributed by atoms with E-state index in [4.69, 9.17) is 14.2 Å². The van der Waals surface area contributed by atoms with Crippen molar-refractivity contribution >= 4 is 32.6 Å². The number of aryl methyl sites for hydroxylation is 1. The van der Waals surface area contributed by atoms with Gasteiger partial charge in [0.25, 0.3) is 0 Å². The fourth-order valence-electron chi connectivity index (χ4n) is 2.71. The summed E-state index contributed by atoms with van der Waals surface area (Å²) in [7, 11) is 4.80. The third kappa shape index (κ3) is 3.72. The van der Waals surface area contributed by atoms with E-state index in [0.717, 1.165) is 27.1 Å². The van der Waals surface area contributed by atoms with Crippen molar-refractivity contribution in [1.29, 1.82) is 0 Å². The number of methoxy groups -OCH3 is 3. The minimum absolute atomic E-state index is 0.118. The van der Waals surface area contributed by atoms with Crippen LogP contribution in [0.4, 0.5) is 5.13 Å². The first-order chi connectivity index (χ1) is 12.5. The molecule has 0 unspecified atom stereocenters. The molecule has 3 aromatic rings. The molecule has 0 saturated heterocycles. The molecule has 3 rings (SSSR count). The van der Waals surface area contributed by atoms with Gasteiger partial charge in [-0.2, -0.15) is 0 Å². The van der Waals surface area contributed by atoms with Crippen molar-refractivity contribution < 1.29 is 19.0 Å². The summed E-state index contributed by atoms with van der Waals surface area (Å²) in [6.45, 7) is 1.95. The molecule has 0 aliphatic carbocycles. The molecule has 0 spiro atoms. The fourth-order valence-corrected chi connectivity index (χ4v) is 3.60. The normalized spacial score (nSPS) is 10.6. The molecule has 0 radical (unpaired) electrons. The molecule has 6 nitrogen and oxygen atoms in total. The largest absolute Gasteiger partial charge is 0.496 e. The van der Waals surface area contributed by atoms with Gasteiger partial charge in [-0.25, -0.2) is 4.98 Å². The summed E-state index contributed by atoms with van der Waals surface area (Å²) in [6.07, 6.45) is 0.271. The number of carbonyl (C=O) groups is 1. The van der Waals surface area contributed by atoms with Crippen LogP contribution in [-0.4, -0.2) is 32.2 Å². The number of hydrogen-bond donors (Lipinski definition) is 1. The third-order valence-electron chi connectivity index (χ3n) is 3.96. The monoisotopic (exact) mass is 372 g/mol. The van der Waals surface area contributed by atoms with E-state index in [1.54, 1.807) is 27.4 Å². The number of anilines is 1. The number of nitrogens with zero attached hydrogens (tertiary/aromatic N) is 1. The van der Waals surface area contributed by atoms with Crippen LogP contribution in [0.5, 0.6) is 17.2 Å². The topological polar surface area (TPSA) is 69.7 Å². The standard InChI is InChI=1S/C19H20N2O4S/c1-11-7-12(5-6-14(11)23-2)8-18(22)21-19-20-13-9-15(24-3)16(25-4)10-17(13)26-19/h5-7,9-10H,8H2,1-4H3,(H,20,21,22). The number of fused-ring (bicyclic) bond motifs is 1. The van der Waals surface area contributed by atoms with E-state index < -0.39 is 0 Å². The van der Waals surface area contributed by atoms with Crippen molar-refractivity contribution in [2.75, 3.05) is 26.6 Å². The summed E-state index contributed by atoms with van der Waals surface area (Å²) < 4.78 is 16.7. The van der Waals surface area contributed by atoms with Crippen molar-refractivity contribution in [2.24, 2.45) is 0 Å². The molecule has 1 N–H and O–H groups in total. The first-order valence-corrected chi connectivity index (χ1v) is 8.81. The summed E-state index contributed by atoms with van der Waals surface area (Å²) >= 11 is 1.40. The van der Waals surface area contributed by atoms with Crippen LogP contribution in [0.25, 0.3) is 10.2 Å². The van der Waals surface area contributed by atoms with Gasteiger partial charge in [-0.3, -0.25) is 4.79 Å². The Kier molecular flexibility index (Phi) is 5.27. The van der Waals surface area contributed by atoms with Crippen LogP contribution < -0.4 is 19.5 Å². The molecule has 1 aromatic heterocycles. The number of rotatable bonds is 6. The molecule has 0 bridgehead atoms.